The molecule has 11 heteroatoms. The van der Waals surface area contributed by atoms with E-state index in [4.69, 9.17) is 9.57 Å². The highest BCUT2D eigenvalue weighted by Gasteiger charge is 2.51. The lowest BCUT2D eigenvalue weighted by Gasteiger charge is -2.29. The van der Waals surface area contributed by atoms with Crippen molar-refractivity contribution in [2.24, 2.45) is 5.41 Å². The summed E-state index contributed by atoms with van der Waals surface area (Å²) < 4.78 is 5.19. The minimum atomic E-state index is -0.755. The predicted molar refractivity (Wildman–Crippen MR) is 114 cm³/mol. The Hall–Kier alpha value is -2.56. The number of rotatable bonds is 8. The Morgan fingerprint density at radius 1 is 1.16 bits per heavy atom. The molecule has 11 nitrogen and oxygen atoms in total. The van der Waals surface area contributed by atoms with Crippen molar-refractivity contribution in [3.63, 3.8) is 0 Å². The number of carbonyl (C=O) groups excluding carboxylic acids is 4. The predicted octanol–water partition coefficient (Wildman–Crippen LogP) is 1.44. The molecule has 2 aliphatic heterocycles. The maximum Gasteiger partial charge on any atom is 0.407 e. The van der Waals surface area contributed by atoms with E-state index >= 15 is 0 Å². The Balaban J connectivity index is 1.46. The summed E-state index contributed by atoms with van der Waals surface area (Å²) >= 11 is 0. The molecule has 2 bridgehead atoms. The minimum absolute atomic E-state index is 0.0494. The van der Waals surface area contributed by atoms with E-state index in [1.807, 2.05) is 6.92 Å². The van der Waals surface area contributed by atoms with Gasteiger partial charge in [-0.05, 0) is 52.9 Å². The molecule has 0 unspecified atom stereocenters. The molecule has 1 aliphatic carbocycles. The molecule has 2 heterocycles. The Bertz CT molecular complexity index is 747. The van der Waals surface area contributed by atoms with Gasteiger partial charge in [-0.1, -0.05) is 13.3 Å². The summed E-state index contributed by atoms with van der Waals surface area (Å²) in [5.74, 6) is -0.802. The highest BCUT2D eigenvalue weighted by molar-refractivity contribution is 5.92. The van der Waals surface area contributed by atoms with E-state index in [0.29, 0.717) is 38.8 Å². The first-order valence-electron chi connectivity index (χ1n) is 11.4. The average Bonchev–Trinajstić information content (AvgIpc) is 3.48. The number of unbranched alkanes of at least 4 members (excludes halogenated alkanes) is 1. The lowest BCUT2D eigenvalue weighted by atomic mass is 10.0. The van der Waals surface area contributed by atoms with Gasteiger partial charge in [-0.25, -0.2) is 9.59 Å². The number of hydroxylamine groups is 2. The van der Waals surface area contributed by atoms with Crippen LogP contribution in [-0.2, 0) is 19.2 Å². The van der Waals surface area contributed by atoms with Crippen molar-refractivity contribution >= 4 is 23.9 Å². The first-order chi connectivity index (χ1) is 15.1. The first-order valence-corrected chi connectivity index (χ1v) is 11.4. The van der Waals surface area contributed by atoms with Crippen molar-refractivity contribution in [1.29, 1.82) is 0 Å². The van der Waals surface area contributed by atoms with Gasteiger partial charge in [0, 0.05) is 13.1 Å². The summed E-state index contributed by atoms with van der Waals surface area (Å²) in [6.07, 6.45) is 3.60. The van der Waals surface area contributed by atoms with E-state index in [-0.39, 0.29) is 24.5 Å². The second-order valence-electron chi connectivity index (χ2n) is 9.77. The number of hydrogen-bond donors (Lipinski definition) is 3. The molecule has 3 aliphatic rings. The van der Waals surface area contributed by atoms with E-state index in [9.17, 15) is 19.2 Å². The summed E-state index contributed by atoms with van der Waals surface area (Å²) in [6.45, 7) is 8.36. The van der Waals surface area contributed by atoms with Crippen LogP contribution in [0.25, 0.3) is 0 Å². The molecule has 5 amide bonds. The van der Waals surface area contributed by atoms with Crippen molar-refractivity contribution in [2.45, 2.75) is 83.9 Å². The van der Waals surface area contributed by atoms with Crippen LogP contribution >= 0.6 is 0 Å². The lowest BCUT2D eigenvalue weighted by Crippen LogP contribution is -2.55. The third-order valence-corrected chi connectivity index (χ3v) is 5.96. The highest BCUT2D eigenvalue weighted by atomic mass is 16.7. The molecule has 2 saturated heterocycles. The molecule has 3 rings (SSSR count). The third kappa shape index (κ3) is 5.62. The number of hydrogen-bond acceptors (Lipinski definition) is 6. The number of nitrogens with one attached hydrogen (secondary N) is 3. The quantitative estimate of drug-likeness (QED) is 0.377. The lowest BCUT2D eigenvalue weighted by molar-refractivity contribution is -0.134. The molecule has 32 heavy (non-hydrogen) atoms. The number of hydrazine groups is 1. The highest BCUT2D eigenvalue weighted by Crippen LogP contribution is 2.45. The fraction of sp³-hybridized carbons (Fsp3) is 0.810. The van der Waals surface area contributed by atoms with Crippen molar-refractivity contribution in [1.82, 2.24) is 26.1 Å². The second-order valence-corrected chi connectivity index (χ2v) is 9.77. The van der Waals surface area contributed by atoms with Gasteiger partial charge in [0.2, 0.25) is 5.91 Å². The fourth-order valence-corrected chi connectivity index (χ4v) is 3.90. The van der Waals surface area contributed by atoms with Crippen LogP contribution in [0.5, 0.6) is 0 Å². The van der Waals surface area contributed by atoms with E-state index in [0.717, 1.165) is 12.8 Å². The smallest absolute Gasteiger partial charge is 0.407 e. The van der Waals surface area contributed by atoms with E-state index in [2.05, 4.69) is 16.2 Å². The third-order valence-electron chi connectivity index (χ3n) is 5.96. The van der Waals surface area contributed by atoms with E-state index in [1.54, 1.807) is 20.8 Å². The molecule has 3 fully saturated rings. The van der Waals surface area contributed by atoms with Crippen molar-refractivity contribution in [3.8, 4) is 0 Å². The van der Waals surface area contributed by atoms with Crippen LogP contribution in [0.3, 0.4) is 0 Å². The second kappa shape index (κ2) is 9.51. The topological polar surface area (TPSA) is 129 Å². The molecule has 0 aromatic rings. The number of amides is 5. The largest absolute Gasteiger partial charge is 0.444 e. The monoisotopic (exact) mass is 453 g/mol. The van der Waals surface area contributed by atoms with Crippen LogP contribution in [0, 0.1) is 5.41 Å². The van der Waals surface area contributed by atoms with Crippen molar-refractivity contribution in [2.75, 3.05) is 19.7 Å². The van der Waals surface area contributed by atoms with E-state index in [1.165, 1.54) is 9.96 Å². The van der Waals surface area contributed by atoms with Crippen LogP contribution in [0.15, 0.2) is 0 Å². The van der Waals surface area contributed by atoms with Gasteiger partial charge in [0.15, 0.2) is 0 Å². The normalized spacial score (nSPS) is 23.6. The van der Waals surface area contributed by atoms with Crippen molar-refractivity contribution < 1.29 is 28.8 Å². The van der Waals surface area contributed by atoms with Crippen LogP contribution in [0.2, 0.25) is 0 Å². The maximum atomic E-state index is 12.7. The van der Waals surface area contributed by atoms with Gasteiger partial charge in [0.1, 0.15) is 11.6 Å². The summed E-state index contributed by atoms with van der Waals surface area (Å²) in [5, 5.41) is 4.01. The number of alkyl carbamates (subject to hydrolysis) is 1. The Labute approximate surface area is 188 Å². The molecular formula is C21H35N5O6. The van der Waals surface area contributed by atoms with Crippen LogP contribution in [0.4, 0.5) is 9.59 Å². The molecule has 0 spiro atoms. The van der Waals surface area contributed by atoms with Crippen LogP contribution in [-0.4, -0.2) is 71.3 Å². The number of ether oxygens (including phenoxy) is 1. The molecule has 0 radical (unpaired) electrons. The Morgan fingerprint density at radius 2 is 1.88 bits per heavy atom. The van der Waals surface area contributed by atoms with Gasteiger partial charge in [-0.2, -0.15) is 5.06 Å². The number of carbonyl (C=O) groups is 4. The number of urea groups is 1. The zero-order valence-corrected chi connectivity index (χ0v) is 19.4. The van der Waals surface area contributed by atoms with Crippen molar-refractivity contribution in [3.05, 3.63) is 0 Å². The molecule has 1 saturated carbocycles. The summed E-state index contributed by atoms with van der Waals surface area (Å²) in [6, 6.07) is -1.02. The number of nitrogens with zero attached hydrogens (tertiary/aromatic N) is 2. The molecule has 0 aromatic carbocycles. The first kappa shape index (κ1) is 24.1. The fourth-order valence-electron chi connectivity index (χ4n) is 3.90. The van der Waals surface area contributed by atoms with Gasteiger partial charge in [0.25, 0.3) is 5.91 Å². The van der Waals surface area contributed by atoms with Crippen LogP contribution < -0.4 is 16.2 Å². The SMILES string of the molecule is CCCCON1C(=O)N2C[C@@H]1CC[C@H]2C(=O)NNC(=O)C1(CNC(=O)OC(C)(C)C)CC1. The van der Waals surface area contributed by atoms with Crippen LogP contribution in [0.1, 0.15) is 66.2 Å². The Kier molecular flexibility index (Phi) is 7.16. The van der Waals surface area contributed by atoms with Gasteiger partial charge in [-0.15, -0.1) is 0 Å². The summed E-state index contributed by atoms with van der Waals surface area (Å²) in [5.41, 5.74) is 3.55. The van der Waals surface area contributed by atoms with Gasteiger partial charge >= 0.3 is 12.1 Å². The minimum Gasteiger partial charge on any atom is -0.444 e. The molecule has 180 valence electrons. The molecule has 2 atom stereocenters. The average molecular weight is 454 g/mol. The van der Waals surface area contributed by atoms with Gasteiger partial charge in [0.05, 0.1) is 18.1 Å². The Morgan fingerprint density at radius 3 is 2.50 bits per heavy atom. The van der Waals surface area contributed by atoms with Gasteiger partial charge < -0.3 is 15.0 Å². The number of piperidine rings is 1. The zero-order chi connectivity index (χ0) is 23.5. The standard InChI is InChI=1S/C21H35N5O6/c1-5-6-11-31-26-14-7-8-15(25(12-14)19(26)30)16(27)23-24-17(28)21(9-10-21)13-22-18(29)32-20(2,3)4/h14-15H,5-13H2,1-4H3,(H,22,29)(H,23,27)(H,24,28)/t14-,15-/m0/s1. The van der Waals surface area contributed by atoms with Gasteiger partial charge in [-0.3, -0.25) is 25.3 Å². The maximum absolute atomic E-state index is 12.7. The van der Waals surface area contributed by atoms with E-state index < -0.39 is 29.1 Å². The molecular weight excluding hydrogens is 418 g/mol. The molecule has 0 aromatic heterocycles. The summed E-state index contributed by atoms with van der Waals surface area (Å²) in [4.78, 5) is 56.9. The zero-order valence-electron chi connectivity index (χ0n) is 19.4. The molecule has 3 N–H and O–H groups in total. The number of fused-ring (bicyclic) bond motifs is 2. The summed E-state index contributed by atoms with van der Waals surface area (Å²) in [7, 11) is 0.